The molecule has 29 heavy (non-hydrogen) atoms. The molecule has 0 spiro atoms. The van der Waals surface area contributed by atoms with Crippen molar-refractivity contribution in [2.75, 3.05) is 14.2 Å². The zero-order chi connectivity index (χ0) is 20.2. The first-order valence-electron chi connectivity index (χ1n) is 9.03. The van der Waals surface area contributed by atoms with E-state index in [0.29, 0.717) is 11.3 Å². The molecule has 0 atom stereocenters. The van der Waals surface area contributed by atoms with Gasteiger partial charge in [0.1, 0.15) is 30.6 Å². The van der Waals surface area contributed by atoms with E-state index >= 15 is 0 Å². The van der Waals surface area contributed by atoms with Crippen LogP contribution >= 0.6 is 0 Å². The van der Waals surface area contributed by atoms with Crippen molar-refractivity contribution in [3.05, 3.63) is 77.9 Å². The summed E-state index contributed by atoms with van der Waals surface area (Å²) < 4.78 is 16.7. The molecule has 4 aromatic rings. The van der Waals surface area contributed by atoms with Crippen molar-refractivity contribution < 1.29 is 23.5 Å². The maximum Gasteiger partial charge on any atom is 0.360 e. The summed E-state index contributed by atoms with van der Waals surface area (Å²) in [6.45, 7) is 0.247. The number of carbonyl (C=O) groups excluding carboxylic acids is 1. The second kappa shape index (κ2) is 8.06. The Labute approximate surface area is 167 Å². The molecule has 3 aromatic carbocycles. The van der Waals surface area contributed by atoms with Crippen LogP contribution < -0.4 is 4.74 Å². The fourth-order valence-electron chi connectivity index (χ4n) is 3.22. The molecule has 0 bridgehead atoms. The molecule has 0 unspecified atom stereocenters. The third-order valence-electron chi connectivity index (χ3n) is 4.58. The molecular weight excluding hydrogens is 370 g/mol. The molecule has 6 nitrogen and oxygen atoms in total. The lowest BCUT2D eigenvalue weighted by Gasteiger charge is -2.11. The standard InChI is InChI=1S/C23H19NO5/c1-26-23(25)22(24-27-2)17-8-4-3-7-15(17)14-28-16-11-12-21-19(13-16)18-9-5-6-10-20(18)29-21/h3-13H,14H2,1-2H3. The zero-order valence-electron chi connectivity index (χ0n) is 16.0. The molecule has 4 rings (SSSR count). The summed E-state index contributed by atoms with van der Waals surface area (Å²) in [4.78, 5) is 16.9. The normalized spacial score (nSPS) is 11.6. The average Bonchev–Trinajstić information content (AvgIpc) is 3.14. The van der Waals surface area contributed by atoms with E-state index in [0.717, 1.165) is 27.5 Å². The summed E-state index contributed by atoms with van der Waals surface area (Å²) in [5, 5.41) is 5.85. The van der Waals surface area contributed by atoms with Crippen LogP contribution in [-0.2, 0) is 21.0 Å². The highest BCUT2D eigenvalue weighted by Crippen LogP contribution is 2.31. The Morgan fingerprint density at radius 1 is 0.931 bits per heavy atom. The molecule has 0 saturated carbocycles. The largest absolute Gasteiger partial charge is 0.489 e. The molecule has 0 aliphatic heterocycles. The Bertz CT molecular complexity index is 1210. The molecule has 0 fully saturated rings. The summed E-state index contributed by atoms with van der Waals surface area (Å²) in [5.74, 6) is 0.118. The van der Waals surface area contributed by atoms with E-state index in [9.17, 15) is 4.79 Å². The van der Waals surface area contributed by atoms with Gasteiger partial charge >= 0.3 is 5.97 Å². The molecule has 0 saturated heterocycles. The van der Waals surface area contributed by atoms with Crippen molar-refractivity contribution in [3.63, 3.8) is 0 Å². The second-order valence-corrected chi connectivity index (χ2v) is 6.32. The average molecular weight is 389 g/mol. The summed E-state index contributed by atoms with van der Waals surface area (Å²) in [5.41, 5.74) is 3.11. The van der Waals surface area contributed by atoms with Crippen molar-refractivity contribution in [3.8, 4) is 5.75 Å². The van der Waals surface area contributed by atoms with Gasteiger partial charge in [-0.2, -0.15) is 0 Å². The fourth-order valence-corrected chi connectivity index (χ4v) is 3.22. The van der Waals surface area contributed by atoms with Gasteiger partial charge in [-0.05, 0) is 29.8 Å². The number of methoxy groups -OCH3 is 1. The van der Waals surface area contributed by atoms with Gasteiger partial charge in [0.25, 0.3) is 0 Å². The summed E-state index contributed by atoms with van der Waals surface area (Å²) >= 11 is 0. The number of rotatable bonds is 6. The summed E-state index contributed by atoms with van der Waals surface area (Å²) in [7, 11) is 2.68. The van der Waals surface area contributed by atoms with Gasteiger partial charge < -0.3 is 18.7 Å². The Morgan fingerprint density at radius 3 is 2.52 bits per heavy atom. The Morgan fingerprint density at radius 2 is 1.69 bits per heavy atom. The summed E-state index contributed by atoms with van der Waals surface area (Å²) in [6, 6.07) is 20.9. The lowest BCUT2D eigenvalue weighted by atomic mass is 10.0. The highest BCUT2D eigenvalue weighted by Gasteiger charge is 2.19. The first-order valence-corrected chi connectivity index (χ1v) is 9.03. The van der Waals surface area contributed by atoms with Gasteiger partial charge in [0.2, 0.25) is 0 Å². The molecular formula is C23H19NO5. The number of para-hydroxylation sites is 1. The van der Waals surface area contributed by atoms with Crippen LogP contribution in [0.4, 0.5) is 0 Å². The number of ether oxygens (including phenoxy) is 2. The fraction of sp³-hybridized carbons (Fsp3) is 0.130. The number of esters is 1. The predicted molar refractivity (Wildman–Crippen MR) is 110 cm³/mol. The van der Waals surface area contributed by atoms with Gasteiger partial charge in [0.15, 0.2) is 5.71 Å². The minimum atomic E-state index is -0.578. The number of benzene rings is 3. The number of nitrogens with zero attached hydrogens (tertiary/aromatic N) is 1. The van der Waals surface area contributed by atoms with Gasteiger partial charge in [-0.3, -0.25) is 0 Å². The number of furan rings is 1. The SMILES string of the molecule is CON=C(C(=O)OC)c1ccccc1COc1ccc2oc3ccccc3c2c1. The van der Waals surface area contributed by atoms with Crippen LogP contribution in [0.2, 0.25) is 0 Å². The second-order valence-electron chi connectivity index (χ2n) is 6.32. The van der Waals surface area contributed by atoms with Crippen molar-refractivity contribution in [2.45, 2.75) is 6.61 Å². The molecule has 0 N–H and O–H groups in total. The van der Waals surface area contributed by atoms with Crippen LogP contribution in [-0.4, -0.2) is 25.9 Å². The molecule has 0 radical (unpaired) electrons. The highest BCUT2D eigenvalue weighted by atomic mass is 16.6. The molecule has 0 amide bonds. The third-order valence-corrected chi connectivity index (χ3v) is 4.58. The van der Waals surface area contributed by atoms with Gasteiger partial charge in [0, 0.05) is 16.3 Å². The number of hydrogen-bond acceptors (Lipinski definition) is 6. The number of fused-ring (bicyclic) bond motifs is 3. The van der Waals surface area contributed by atoms with Crippen molar-refractivity contribution in [1.82, 2.24) is 0 Å². The topological polar surface area (TPSA) is 70.3 Å². The van der Waals surface area contributed by atoms with Gasteiger partial charge in [-0.1, -0.05) is 47.6 Å². The molecule has 0 aliphatic rings. The van der Waals surface area contributed by atoms with E-state index in [4.69, 9.17) is 18.7 Å². The van der Waals surface area contributed by atoms with Crippen LogP contribution in [0, 0.1) is 0 Å². The van der Waals surface area contributed by atoms with E-state index < -0.39 is 5.97 Å². The minimum Gasteiger partial charge on any atom is -0.489 e. The van der Waals surface area contributed by atoms with Crippen LogP contribution in [0.3, 0.4) is 0 Å². The maximum absolute atomic E-state index is 12.1. The van der Waals surface area contributed by atoms with Crippen LogP contribution in [0.5, 0.6) is 5.75 Å². The Balaban J connectivity index is 1.63. The molecule has 6 heteroatoms. The van der Waals surface area contributed by atoms with Gasteiger partial charge in [0.05, 0.1) is 7.11 Å². The molecule has 0 aliphatic carbocycles. The maximum atomic E-state index is 12.1. The zero-order valence-corrected chi connectivity index (χ0v) is 16.0. The van der Waals surface area contributed by atoms with Crippen molar-refractivity contribution in [2.24, 2.45) is 5.16 Å². The number of hydrogen-bond donors (Lipinski definition) is 0. The minimum absolute atomic E-state index is 0.0884. The summed E-state index contributed by atoms with van der Waals surface area (Å²) in [6.07, 6.45) is 0. The third kappa shape index (κ3) is 3.65. The first-order chi connectivity index (χ1) is 14.2. The van der Waals surface area contributed by atoms with E-state index in [1.165, 1.54) is 14.2 Å². The van der Waals surface area contributed by atoms with Crippen molar-refractivity contribution >= 4 is 33.6 Å². The highest BCUT2D eigenvalue weighted by molar-refractivity contribution is 6.43. The van der Waals surface area contributed by atoms with Crippen LogP contribution in [0.25, 0.3) is 21.9 Å². The van der Waals surface area contributed by atoms with E-state index in [-0.39, 0.29) is 12.3 Å². The number of oxime groups is 1. The van der Waals surface area contributed by atoms with Crippen LogP contribution in [0.15, 0.2) is 76.3 Å². The Hall–Kier alpha value is -3.80. The van der Waals surface area contributed by atoms with E-state index in [2.05, 4.69) is 5.16 Å². The molecule has 1 heterocycles. The molecule has 146 valence electrons. The smallest absolute Gasteiger partial charge is 0.360 e. The first kappa shape index (κ1) is 18.6. The van der Waals surface area contributed by atoms with Crippen LogP contribution in [0.1, 0.15) is 11.1 Å². The lowest BCUT2D eigenvalue weighted by Crippen LogP contribution is -2.19. The van der Waals surface area contributed by atoms with Gasteiger partial charge in [-0.25, -0.2) is 4.79 Å². The lowest BCUT2D eigenvalue weighted by molar-refractivity contribution is -0.132. The number of carbonyl (C=O) groups is 1. The van der Waals surface area contributed by atoms with E-state index in [1.807, 2.05) is 60.7 Å². The Kier molecular flexibility index (Phi) is 5.16. The quantitative estimate of drug-likeness (QED) is 0.272. The monoisotopic (exact) mass is 389 g/mol. The molecule has 1 aromatic heterocycles. The van der Waals surface area contributed by atoms with E-state index in [1.54, 1.807) is 6.07 Å². The predicted octanol–water partition coefficient (Wildman–Crippen LogP) is 4.69. The van der Waals surface area contributed by atoms with Crippen molar-refractivity contribution in [1.29, 1.82) is 0 Å². The van der Waals surface area contributed by atoms with Gasteiger partial charge in [-0.15, -0.1) is 0 Å².